The normalized spacial score (nSPS) is 22.6. The summed E-state index contributed by atoms with van der Waals surface area (Å²) in [5.41, 5.74) is 1.23. The quantitative estimate of drug-likeness (QED) is 0.895. The van der Waals surface area contributed by atoms with Crippen LogP contribution in [0.1, 0.15) is 52.2 Å². The number of hydrogen-bond donors (Lipinski definition) is 1. The Morgan fingerprint density at radius 3 is 2.26 bits per heavy atom. The molecule has 1 heterocycles. The molecule has 106 valence electrons. The highest BCUT2D eigenvalue weighted by molar-refractivity contribution is 5.19. The zero-order valence-corrected chi connectivity index (χ0v) is 12.6. The van der Waals surface area contributed by atoms with Gasteiger partial charge in [-0.1, -0.05) is 44.2 Å². The third kappa shape index (κ3) is 3.01. The van der Waals surface area contributed by atoms with Gasteiger partial charge in [0.15, 0.2) is 0 Å². The fourth-order valence-electron chi connectivity index (χ4n) is 3.42. The van der Waals surface area contributed by atoms with E-state index >= 15 is 0 Å². The Hall–Kier alpha value is -0.860. The SMILES string of the molecule is CC(C)C(C(O)c1ccccc1)N1CCCC1(C)C. The summed E-state index contributed by atoms with van der Waals surface area (Å²) in [6.45, 7) is 10.1. The van der Waals surface area contributed by atoms with Crippen LogP contribution in [0.3, 0.4) is 0 Å². The van der Waals surface area contributed by atoms with Gasteiger partial charge >= 0.3 is 0 Å². The summed E-state index contributed by atoms with van der Waals surface area (Å²) in [5, 5.41) is 10.8. The number of benzene rings is 1. The van der Waals surface area contributed by atoms with E-state index in [2.05, 4.69) is 32.6 Å². The van der Waals surface area contributed by atoms with E-state index in [-0.39, 0.29) is 11.6 Å². The Kier molecular flexibility index (Phi) is 4.32. The first kappa shape index (κ1) is 14.5. The van der Waals surface area contributed by atoms with E-state index in [1.54, 1.807) is 0 Å². The second-order valence-electron chi connectivity index (χ2n) is 6.70. The molecule has 2 nitrogen and oxygen atoms in total. The molecule has 2 heteroatoms. The van der Waals surface area contributed by atoms with E-state index in [4.69, 9.17) is 0 Å². The highest BCUT2D eigenvalue weighted by Crippen LogP contribution is 2.37. The van der Waals surface area contributed by atoms with Crippen molar-refractivity contribution >= 4 is 0 Å². The van der Waals surface area contributed by atoms with Gasteiger partial charge in [-0.2, -0.15) is 0 Å². The van der Waals surface area contributed by atoms with Crippen LogP contribution in [0.4, 0.5) is 0 Å². The van der Waals surface area contributed by atoms with Gasteiger partial charge in [-0.25, -0.2) is 0 Å². The lowest BCUT2D eigenvalue weighted by molar-refractivity contribution is -0.00889. The molecule has 1 aliphatic heterocycles. The summed E-state index contributed by atoms with van der Waals surface area (Å²) >= 11 is 0. The molecule has 0 radical (unpaired) electrons. The molecule has 2 rings (SSSR count). The smallest absolute Gasteiger partial charge is 0.0947 e. The number of aliphatic hydroxyl groups is 1. The van der Waals surface area contributed by atoms with Crippen molar-refractivity contribution in [3.05, 3.63) is 35.9 Å². The minimum atomic E-state index is -0.404. The van der Waals surface area contributed by atoms with Gasteiger partial charge in [-0.15, -0.1) is 0 Å². The lowest BCUT2D eigenvalue weighted by atomic mass is 9.89. The van der Waals surface area contributed by atoms with Crippen LogP contribution in [-0.4, -0.2) is 28.1 Å². The van der Waals surface area contributed by atoms with Crippen LogP contribution >= 0.6 is 0 Å². The van der Waals surface area contributed by atoms with Crippen LogP contribution in [0.2, 0.25) is 0 Å². The summed E-state index contributed by atoms with van der Waals surface area (Å²) < 4.78 is 0. The molecule has 0 bridgehead atoms. The summed E-state index contributed by atoms with van der Waals surface area (Å²) in [4.78, 5) is 2.51. The first-order chi connectivity index (χ1) is 8.93. The number of likely N-dealkylation sites (tertiary alicyclic amines) is 1. The van der Waals surface area contributed by atoms with E-state index < -0.39 is 6.10 Å². The molecule has 2 unspecified atom stereocenters. The first-order valence-electron chi connectivity index (χ1n) is 7.43. The fourth-order valence-corrected chi connectivity index (χ4v) is 3.42. The molecule has 2 atom stereocenters. The van der Waals surface area contributed by atoms with Crippen molar-refractivity contribution < 1.29 is 5.11 Å². The zero-order valence-electron chi connectivity index (χ0n) is 12.6. The van der Waals surface area contributed by atoms with Crippen molar-refractivity contribution in [2.24, 2.45) is 5.92 Å². The predicted octanol–water partition coefficient (Wildman–Crippen LogP) is 3.62. The van der Waals surface area contributed by atoms with Crippen LogP contribution in [0.15, 0.2) is 30.3 Å². The van der Waals surface area contributed by atoms with Crippen molar-refractivity contribution in [2.75, 3.05) is 6.54 Å². The van der Waals surface area contributed by atoms with Crippen LogP contribution in [0, 0.1) is 5.92 Å². The molecule has 0 aromatic heterocycles. The molecule has 1 aliphatic rings. The van der Waals surface area contributed by atoms with Gasteiger partial charge in [0.25, 0.3) is 0 Å². The van der Waals surface area contributed by atoms with Crippen molar-refractivity contribution in [3.63, 3.8) is 0 Å². The number of aliphatic hydroxyl groups excluding tert-OH is 1. The molecule has 0 spiro atoms. The topological polar surface area (TPSA) is 23.5 Å². The van der Waals surface area contributed by atoms with Crippen molar-refractivity contribution in [1.29, 1.82) is 0 Å². The Morgan fingerprint density at radius 1 is 1.16 bits per heavy atom. The molecule has 1 aromatic rings. The third-order valence-electron chi connectivity index (χ3n) is 4.47. The summed E-state index contributed by atoms with van der Waals surface area (Å²) in [6.07, 6.45) is 2.05. The Bertz CT molecular complexity index is 399. The molecule has 1 saturated heterocycles. The van der Waals surface area contributed by atoms with E-state index in [0.29, 0.717) is 5.92 Å². The average Bonchev–Trinajstić information content (AvgIpc) is 2.70. The van der Waals surface area contributed by atoms with Gasteiger partial charge in [0.1, 0.15) is 0 Å². The number of rotatable bonds is 4. The summed E-state index contributed by atoms with van der Waals surface area (Å²) in [5.74, 6) is 0.438. The van der Waals surface area contributed by atoms with Crippen molar-refractivity contribution in [3.8, 4) is 0 Å². The third-order valence-corrected chi connectivity index (χ3v) is 4.47. The fraction of sp³-hybridized carbons (Fsp3) is 0.647. The predicted molar refractivity (Wildman–Crippen MR) is 80.0 cm³/mol. The van der Waals surface area contributed by atoms with Gasteiger partial charge in [-0.3, -0.25) is 4.90 Å². The van der Waals surface area contributed by atoms with Gasteiger partial charge < -0.3 is 5.11 Å². The van der Waals surface area contributed by atoms with E-state index in [0.717, 1.165) is 12.1 Å². The number of hydrogen-bond acceptors (Lipinski definition) is 2. The Balaban J connectivity index is 2.26. The van der Waals surface area contributed by atoms with Crippen LogP contribution < -0.4 is 0 Å². The van der Waals surface area contributed by atoms with Gasteiger partial charge in [0.05, 0.1) is 6.10 Å². The Morgan fingerprint density at radius 2 is 1.79 bits per heavy atom. The zero-order chi connectivity index (χ0) is 14.0. The maximum absolute atomic E-state index is 10.8. The maximum atomic E-state index is 10.8. The molecule has 0 amide bonds. The van der Waals surface area contributed by atoms with Crippen LogP contribution in [0.25, 0.3) is 0 Å². The van der Waals surface area contributed by atoms with E-state index in [1.807, 2.05) is 30.3 Å². The molecule has 0 aliphatic carbocycles. The largest absolute Gasteiger partial charge is 0.387 e. The second-order valence-corrected chi connectivity index (χ2v) is 6.70. The molecule has 0 saturated carbocycles. The first-order valence-corrected chi connectivity index (χ1v) is 7.43. The second kappa shape index (κ2) is 5.64. The molecule has 1 aromatic carbocycles. The van der Waals surface area contributed by atoms with Crippen molar-refractivity contribution in [1.82, 2.24) is 4.90 Å². The molecule has 1 N–H and O–H groups in total. The molecule has 1 fully saturated rings. The summed E-state index contributed by atoms with van der Waals surface area (Å²) in [6, 6.07) is 10.3. The average molecular weight is 261 g/mol. The summed E-state index contributed by atoms with van der Waals surface area (Å²) in [7, 11) is 0. The van der Waals surface area contributed by atoms with Crippen LogP contribution in [0.5, 0.6) is 0 Å². The molecular formula is C17H27NO. The lowest BCUT2D eigenvalue weighted by Crippen LogP contribution is -2.50. The minimum Gasteiger partial charge on any atom is -0.387 e. The standard InChI is InChI=1S/C17H27NO/c1-13(2)15(18-12-8-11-17(18,3)4)16(19)14-9-6-5-7-10-14/h5-7,9-10,13,15-16,19H,8,11-12H2,1-4H3. The minimum absolute atomic E-state index is 0.194. The highest BCUT2D eigenvalue weighted by atomic mass is 16.3. The monoisotopic (exact) mass is 261 g/mol. The number of nitrogens with zero attached hydrogens (tertiary/aromatic N) is 1. The maximum Gasteiger partial charge on any atom is 0.0947 e. The lowest BCUT2D eigenvalue weighted by Gasteiger charge is -2.43. The van der Waals surface area contributed by atoms with Gasteiger partial charge in [0, 0.05) is 11.6 Å². The van der Waals surface area contributed by atoms with Gasteiger partial charge in [0.2, 0.25) is 0 Å². The molecular weight excluding hydrogens is 234 g/mol. The van der Waals surface area contributed by atoms with E-state index in [9.17, 15) is 5.11 Å². The Labute approximate surface area is 117 Å². The van der Waals surface area contributed by atoms with Gasteiger partial charge in [-0.05, 0) is 44.7 Å². The van der Waals surface area contributed by atoms with E-state index in [1.165, 1.54) is 12.8 Å². The molecule has 19 heavy (non-hydrogen) atoms. The van der Waals surface area contributed by atoms with Crippen LogP contribution in [-0.2, 0) is 0 Å². The van der Waals surface area contributed by atoms with Crippen molar-refractivity contribution in [2.45, 2.75) is 58.2 Å². The highest BCUT2D eigenvalue weighted by Gasteiger charge is 2.41.